The smallest absolute Gasteiger partial charge is 0.247 e. The molecule has 4 aromatic heterocycles. The first-order valence-corrected chi connectivity index (χ1v) is 9.25. The predicted molar refractivity (Wildman–Crippen MR) is 111 cm³/mol. The second kappa shape index (κ2) is 7.55. The minimum atomic E-state index is -0.245. The van der Waals surface area contributed by atoms with E-state index in [0.717, 1.165) is 21.9 Å². The van der Waals surface area contributed by atoms with Gasteiger partial charge in [0.1, 0.15) is 18.1 Å². The number of benzene rings is 1. The van der Waals surface area contributed by atoms with Crippen LogP contribution in [-0.4, -0.2) is 41.1 Å². The van der Waals surface area contributed by atoms with E-state index in [4.69, 9.17) is 0 Å². The Labute approximate surface area is 170 Å². The number of carbonyl (C=O) groups is 1. The van der Waals surface area contributed by atoms with Gasteiger partial charge in [0.2, 0.25) is 5.91 Å². The van der Waals surface area contributed by atoms with Crippen LogP contribution in [0.1, 0.15) is 0 Å². The highest BCUT2D eigenvalue weighted by molar-refractivity contribution is 5.93. The quantitative estimate of drug-likeness (QED) is 0.472. The van der Waals surface area contributed by atoms with E-state index in [1.807, 2.05) is 48.7 Å². The maximum atomic E-state index is 12.4. The average molecular weight is 396 g/mol. The van der Waals surface area contributed by atoms with E-state index >= 15 is 0 Å². The lowest BCUT2D eigenvalue weighted by molar-refractivity contribution is -0.116. The average Bonchev–Trinajstić information content (AvgIpc) is 3.46. The van der Waals surface area contributed by atoms with Crippen LogP contribution >= 0.6 is 0 Å². The molecule has 146 valence electrons. The Kier molecular flexibility index (Phi) is 4.45. The fourth-order valence-electron chi connectivity index (χ4n) is 3.13. The molecule has 30 heavy (non-hydrogen) atoms. The van der Waals surface area contributed by atoms with Gasteiger partial charge in [-0.3, -0.25) is 14.9 Å². The zero-order chi connectivity index (χ0) is 20.3. The van der Waals surface area contributed by atoms with Crippen LogP contribution in [0.15, 0.2) is 73.4 Å². The summed E-state index contributed by atoms with van der Waals surface area (Å²) in [5, 5.41) is 19.6. The van der Waals surface area contributed by atoms with Crippen LogP contribution in [0.5, 0.6) is 0 Å². The van der Waals surface area contributed by atoms with Crippen molar-refractivity contribution in [2.45, 2.75) is 6.54 Å². The lowest BCUT2D eigenvalue weighted by atomic mass is 10.1. The maximum absolute atomic E-state index is 12.4. The zero-order valence-electron chi connectivity index (χ0n) is 15.7. The Balaban J connectivity index is 1.31. The summed E-state index contributed by atoms with van der Waals surface area (Å²) in [5.41, 5.74) is 3.34. The normalized spacial score (nSPS) is 10.9. The lowest BCUT2D eigenvalue weighted by Crippen LogP contribution is -2.19. The molecule has 5 aromatic rings. The summed E-state index contributed by atoms with van der Waals surface area (Å²) < 4.78 is 1.47. The van der Waals surface area contributed by atoms with Crippen LogP contribution in [0.25, 0.3) is 33.3 Å². The summed E-state index contributed by atoms with van der Waals surface area (Å²) >= 11 is 0. The first-order chi connectivity index (χ1) is 14.7. The SMILES string of the molecule is O=C(Cn1cc(-c2ccccn2)nn1)Nc1cc2cc(-c3cn[nH]c3)ccc2cn1. The van der Waals surface area contributed by atoms with E-state index in [1.165, 1.54) is 4.68 Å². The van der Waals surface area contributed by atoms with Crippen LogP contribution in [0.2, 0.25) is 0 Å². The number of amides is 1. The highest BCUT2D eigenvalue weighted by Crippen LogP contribution is 2.24. The van der Waals surface area contributed by atoms with Gasteiger partial charge >= 0.3 is 0 Å². The van der Waals surface area contributed by atoms with Crippen molar-refractivity contribution in [3.63, 3.8) is 0 Å². The Hall–Kier alpha value is -4.40. The minimum absolute atomic E-state index is 0.0224. The Morgan fingerprint density at radius 1 is 1.00 bits per heavy atom. The fraction of sp³-hybridized carbons (Fsp3) is 0.0476. The van der Waals surface area contributed by atoms with E-state index in [0.29, 0.717) is 17.2 Å². The van der Waals surface area contributed by atoms with Crippen molar-refractivity contribution in [3.8, 4) is 22.5 Å². The van der Waals surface area contributed by atoms with Crippen molar-refractivity contribution in [3.05, 3.63) is 73.4 Å². The molecule has 0 atom stereocenters. The van der Waals surface area contributed by atoms with Gasteiger partial charge in [-0.25, -0.2) is 9.67 Å². The molecule has 1 amide bonds. The highest BCUT2D eigenvalue weighted by atomic mass is 16.2. The molecular formula is C21H16N8O. The van der Waals surface area contributed by atoms with E-state index < -0.39 is 0 Å². The van der Waals surface area contributed by atoms with Gasteiger partial charge in [-0.15, -0.1) is 5.10 Å². The number of rotatable bonds is 5. The van der Waals surface area contributed by atoms with E-state index in [2.05, 4.69) is 35.8 Å². The molecule has 9 nitrogen and oxygen atoms in total. The van der Waals surface area contributed by atoms with Crippen LogP contribution in [-0.2, 0) is 11.3 Å². The van der Waals surface area contributed by atoms with Gasteiger partial charge in [-0.05, 0) is 35.2 Å². The summed E-state index contributed by atoms with van der Waals surface area (Å²) in [5.74, 6) is 0.229. The predicted octanol–water partition coefficient (Wildman–Crippen LogP) is 2.92. The third-order valence-electron chi connectivity index (χ3n) is 4.59. The molecule has 4 heterocycles. The number of pyridine rings is 2. The first kappa shape index (κ1) is 17.7. The van der Waals surface area contributed by atoms with E-state index in [1.54, 1.807) is 24.8 Å². The first-order valence-electron chi connectivity index (χ1n) is 9.25. The Bertz CT molecular complexity index is 1310. The molecule has 0 aliphatic heterocycles. The number of aromatic nitrogens is 7. The number of H-pyrrole nitrogens is 1. The molecule has 2 N–H and O–H groups in total. The topological polar surface area (TPSA) is 114 Å². The molecule has 0 spiro atoms. The molecule has 0 bridgehead atoms. The zero-order valence-corrected chi connectivity index (χ0v) is 15.7. The van der Waals surface area contributed by atoms with Gasteiger partial charge in [0.15, 0.2) is 0 Å². The third kappa shape index (κ3) is 3.63. The van der Waals surface area contributed by atoms with Crippen LogP contribution in [0.3, 0.4) is 0 Å². The number of aromatic amines is 1. The summed E-state index contributed by atoms with van der Waals surface area (Å²) in [7, 11) is 0. The Morgan fingerprint density at radius 3 is 2.80 bits per heavy atom. The molecule has 0 fully saturated rings. The molecule has 0 aliphatic carbocycles. The molecule has 1 aromatic carbocycles. The van der Waals surface area contributed by atoms with Gasteiger partial charge in [-0.2, -0.15) is 5.10 Å². The van der Waals surface area contributed by atoms with E-state index in [-0.39, 0.29) is 12.5 Å². The second-order valence-electron chi connectivity index (χ2n) is 6.68. The fourth-order valence-corrected chi connectivity index (χ4v) is 3.13. The largest absolute Gasteiger partial charge is 0.309 e. The van der Waals surface area contributed by atoms with Crippen molar-refractivity contribution in [1.82, 2.24) is 35.2 Å². The number of hydrogen-bond donors (Lipinski definition) is 2. The van der Waals surface area contributed by atoms with Crippen molar-refractivity contribution >= 4 is 22.5 Å². The summed E-state index contributed by atoms with van der Waals surface area (Å²) in [6.07, 6.45) is 8.71. The van der Waals surface area contributed by atoms with Crippen LogP contribution < -0.4 is 5.32 Å². The number of nitrogens with one attached hydrogen (secondary N) is 2. The molecule has 0 radical (unpaired) electrons. The van der Waals surface area contributed by atoms with Crippen molar-refractivity contribution in [2.75, 3.05) is 5.32 Å². The molecule has 0 unspecified atom stereocenters. The second-order valence-corrected chi connectivity index (χ2v) is 6.68. The highest BCUT2D eigenvalue weighted by Gasteiger charge is 2.10. The molecule has 5 rings (SSSR count). The number of hydrogen-bond acceptors (Lipinski definition) is 6. The van der Waals surface area contributed by atoms with Gasteiger partial charge in [-0.1, -0.05) is 23.4 Å². The number of carbonyl (C=O) groups excluding carboxylic acids is 1. The third-order valence-corrected chi connectivity index (χ3v) is 4.59. The molecular weight excluding hydrogens is 380 g/mol. The number of fused-ring (bicyclic) bond motifs is 1. The van der Waals surface area contributed by atoms with Gasteiger partial charge in [0.25, 0.3) is 0 Å². The van der Waals surface area contributed by atoms with E-state index in [9.17, 15) is 4.79 Å². The molecule has 0 aliphatic rings. The Morgan fingerprint density at radius 2 is 1.97 bits per heavy atom. The number of anilines is 1. The lowest BCUT2D eigenvalue weighted by Gasteiger charge is -2.07. The van der Waals surface area contributed by atoms with Crippen LogP contribution in [0.4, 0.5) is 5.82 Å². The van der Waals surface area contributed by atoms with Crippen molar-refractivity contribution in [1.29, 1.82) is 0 Å². The van der Waals surface area contributed by atoms with Crippen LogP contribution in [0, 0.1) is 0 Å². The molecule has 0 saturated heterocycles. The van der Waals surface area contributed by atoms with Crippen molar-refractivity contribution < 1.29 is 4.79 Å². The standard InChI is InChI=1S/C21H16N8O/c30-21(13-29-12-19(27-28-29)18-3-1-2-6-22-18)26-20-8-16-7-14(17-10-24-25-11-17)4-5-15(16)9-23-20/h1-12H,13H2,(H,24,25)(H,23,26,30). The molecule has 9 heteroatoms. The summed E-state index contributed by atoms with van der Waals surface area (Å²) in [4.78, 5) is 21.0. The summed E-state index contributed by atoms with van der Waals surface area (Å²) in [6, 6.07) is 13.4. The van der Waals surface area contributed by atoms with Gasteiger partial charge in [0, 0.05) is 29.5 Å². The van der Waals surface area contributed by atoms with Crippen molar-refractivity contribution in [2.24, 2.45) is 0 Å². The van der Waals surface area contributed by atoms with Gasteiger partial charge in [0.05, 0.1) is 18.1 Å². The number of nitrogens with zero attached hydrogens (tertiary/aromatic N) is 6. The van der Waals surface area contributed by atoms with Gasteiger partial charge < -0.3 is 5.32 Å². The maximum Gasteiger partial charge on any atom is 0.247 e. The summed E-state index contributed by atoms with van der Waals surface area (Å²) in [6.45, 7) is 0.0224. The molecule has 0 saturated carbocycles. The minimum Gasteiger partial charge on any atom is -0.309 e. The monoisotopic (exact) mass is 396 g/mol.